The van der Waals surface area contributed by atoms with E-state index in [-0.39, 0.29) is 0 Å². The fraction of sp³-hybridized carbons (Fsp3) is 0.444. The number of hydrogen-bond acceptors (Lipinski definition) is 6. The molecule has 1 saturated heterocycles. The second-order valence-corrected chi connectivity index (χ2v) is 6.80. The molecule has 0 unspecified atom stereocenters. The molecule has 0 aliphatic carbocycles. The van der Waals surface area contributed by atoms with E-state index < -0.39 is 0 Å². The van der Waals surface area contributed by atoms with Gasteiger partial charge >= 0.3 is 0 Å². The average molecular weight is 337 g/mol. The summed E-state index contributed by atoms with van der Waals surface area (Å²) < 4.78 is 1.81. The summed E-state index contributed by atoms with van der Waals surface area (Å²) in [6.07, 6.45) is 4.90. The monoisotopic (exact) mass is 337 g/mol. The van der Waals surface area contributed by atoms with Crippen LogP contribution >= 0.6 is 0 Å². The first kappa shape index (κ1) is 15.8. The molecule has 7 nitrogen and oxygen atoms in total. The minimum Gasteiger partial charge on any atom is -0.370 e. The summed E-state index contributed by atoms with van der Waals surface area (Å²) in [6.45, 7) is 6.91. The molecule has 0 radical (unpaired) electrons. The number of pyridine rings is 1. The first-order valence-electron chi connectivity index (χ1n) is 8.68. The highest BCUT2D eigenvalue weighted by Gasteiger charge is 2.26. The van der Waals surface area contributed by atoms with E-state index in [4.69, 9.17) is 0 Å². The highest BCUT2D eigenvalue weighted by molar-refractivity contribution is 5.87. The van der Waals surface area contributed by atoms with E-state index in [9.17, 15) is 0 Å². The minimum absolute atomic E-state index is 0.574. The van der Waals surface area contributed by atoms with Crippen molar-refractivity contribution in [3.8, 4) is 0 Å². The van der Waals surface area contributed by atoms with Crippen molar-refractivity contribution in [3.63, 3.8) is 0 Å². The Kier molecular flexibility index (Phi) is 3.99. The first-order chi connectivity index (χ1) is 12.1. The Morgan fingerprint density at radius 3 is 2.88 bits per heavy atom. The van der Waals surface area contributed by atoms with Crippen LogP contribution < -0.4 is 10.2 Å². The van der Waals surface area contributed by atoms with Gasteiger partial charge in [0, 0.05) is 32.9 Å². The third-order valence-corrected chi connectivity index (χ3v) is 4.75. The molecule has 3 aromatic heterocycles. The zero-order valence-electron chi connectivity index (χ0n) is 14.9. The molecule has 1 N–H and O–H groups in total. The average Bonchev–Trinajstić information content (AvgIpc) is 3.21. The van der Waals surface area contributed by atoms with Crippen molar-refractivity contribution in [3.05, 3.63) is 35.9 Å². The predicted octanol–water partition coefficient (Wildman–Crippen LogP) is 2.31. The van der Waals surface area contributed by atoms with Gasteiger partial charge in [-0.25, -0.2) is 15.0 Å². The van der Waals surface area contributed by atoms with Crippen LogP contribution in [0.25, 0.3) is 11.0 Å². The molecule has 1 aliphatic rings. The lowest BCUT2D eigenvalue weighted by Crippen LogP contribution is -2.24. The normalized spacial score (nSPS) is 17.4. The Bertz CT molecular complexity index is 884. The molecule has 130 valence electrons. The Morgan fingerprint density at radius 2 is 2.08 bits per heavy atom. The van der Waals surface area contributed by atoms with Crippen molar-refractivity contribution in [1.29, 1.82) is 0 Å². The van der Waals surface area contributed by atoms with Crippen LogP contribution in [0, 0.1) is 19.8 Å². The molecular formula is C18H23N7. The van der Waals surface area contributed by atoms with Crippen molar-refractivity contribution in [2.75, 3.05) is 29.9 Å². The third kappa shape index (κ3) is 3.14. The number of aromatic nitrogens is 5. The highest BCUT2D eigenvalue weighted by atomic mass is 15.3. The number of nitrogens with zero attached hydrogens (tertiary/aromatic N) is 6. The van der Waals surface area contributed by atoms with Gasteiger partial charge in [0.1, 0.15) is 17.5 Å². The summed E-state index contributed by atoms with van der Waals surface area (Å²) in [4.78, 5) is 16.0. The van der Waals surface area contributed by atoms with Gasteiger partial charge in [0.2, 0.25) is 0 Å². The number of aryl methyl sites for hydroxylation is 3. The summed E-state index contributed by atoms with van der Waals surface area (Å²) in [5.41, 5.74) is 2.07. The van der Waals surface area contributed by atoms with Crippen molar-refractivity contribution in [2.45, 2.75) is 20.3 Å². The predicted molar refractivity (Wildman–Crippen MR) is 98.8 cm³/mol. The van der Waals surface area contributed by atoms with E-state index in [1.165, 1.54) is 5.56 Å². The maximum atomic E-state index is 4.69. The number of fused-ring (bicyclic) bond motifs is 1. The summed E-state index contributed by atoms with van der Waals surface area (Å²) in [5.74, 6) is 3.31. The van der Waals surface area contributed by atoms with Crippen molar-refractivity contribution < 1.29 is 0 Å². The van der Waals surface area contributed by atoms with Crippen LogP contribution in [0.15, 0.2) is 24.5 Å². The lowest BCUT2D eigenvalue weighted by molar-refractivity contribution is 0.621. The molecule has 0 bridgehead atoms. The van der Waals surface area contributed by atoms with Crippen LogP contribution in [0.1, 0.15) is 17.8 Å². The molecule has 3 aromatic rings. The van der Waals surface area contributed by atoms with Gasteiger partial charge in [-0.05, 0) is 37.8 Å². The van der Waals surface area contributed by atoms with Crippen LogP contribution in [0.5, 0.6) is 0 Å². The lowest BCUT2D eigenvalue weighted by Gasteiger charge is -2.19. The SMILES string of the molecule is Cc1ccc(NC[C@@H]2CCN(c3nc(C)nc4c3cnn4C)C2)nc1. The molecule has 1 atom stereocenters. The van der Waals surface area contributed by atoms with Crippen molar-refractivity contribution in [1.82, 2.24) is 24.7 Å². The maximum absolute atomic E-state index is 4.69. The van der Waals surface area contributed by atoms with E-state index in [0.717, 1.165) is 54.5 Å². The number of rotatable bonds is 4. The highest BCUT2D eigenvalue weighted by Crippen LogP contribution is 2.28. The van der Waals surface area contributed by atoms with E-state index in [1.54, 1.807) is 0 Å². The molecular weight excluding hydrogens is 314 g/mol. The fourth-order valence-corrected chi connectivity index (χ4v) is 3.37. The Morgan fingerprint density at radius 1 is 1.20 bits per heavy atom. The molecule has 4 heterocycles. The maximum Gasteiger partial charge on any atom is 0.163 e. The van der Waals surface area contributed by atoms with Crippen LogP contribution in [-0.4, -0.2) is 44.4 Å². The topological polar surface area (TPSA) is 71.8 Å². The molecule has 1 fully saturated rings. The summed E-state index contributed by atoms with van der Waals surface area (Å²) >= 11 is 0. The van der Waals surface area contributed by atoms with Gasteiger partial charge in [0.05, 0.1) is 11.6 Å². The second-order valence-electron chi connectivity index (χ2n) is 6.80. The van der Waals surface area contributed by atoms with E-state index in [0.29, 0.717) is 5.92 Å². The number of anilines is 2. The standard InChI is InChI=1S/C18H23N7/c1-12-4-5-16(19-8-12)20-9-14-6-7-25(11-14)18-15-10-21-24(3)17(15)22-13(2)23-18/h4-5,8,10,14H,6-7,9,11H2,1-3H3,(H,19,20)/t14-/m0/s1. The van der Waals surface area contributed by atoms with Crippen LogP contribution in [0.2, 0.25) is 0 Å². The molecule has 25 heavy (non-hydrogen) atoms. The van der Waals surface area contributed by atoms with Crippen molar-refractivity contribution in [2.24, 2.45) is 13.0 Å². The molecule has 4 rings (SSSR count). The number of nitrogens with one attached hydrogen (secondary N) is 1. The molecule has 0 spiro atoms. The lowest BCUT2D eigenvalue weighted by atomic mass is 10.1. The first-order valence-corrected chi connectivity index (χ1v) is 8.68. The van der Waals surface area contributed by atoms with Gasteiger partial charge < -0.3 is 10.2 Å². The van der Waals surface area contributed by atoms with Crippen LogP contribution in [0.3, 0.4) is 0 Å². The Labute approximate surface area is 147 Å². The van der Waals surface area contributed by atoms with Crippen LogP contribution in [0.4, 0.5) is 11.6 Å². The Hall–Kier alpha value is -2.70. The van der Waals surface area contributed by atoms with Gasteiger partial charge in [-0.2, -0.15) is 5.10 Å². The molecule has 0 amide bonds. The van der Waals surface area contributed by atoms with Gasteiger partial charge in [-0.3, -0.25) is 4.68 Å². The molecule has 7 heteroatoms. The molecule has 0 aromatic carbocycles. The molecule has 0 saturated carbocycles. The zero-order chi connectivity index (χ0) is 17.4. The summed E-state index contributed by atoms with van der Waals surface area (Å²) in [6, 6.07) is 4.12. The quantitative estimate of drug-likeness (QED) is 0.788. The van der Waals surface area contributed by atoms with E-state index in [2.05, 4.69) is 43.3 Å². The van der Waals surface area contributed by atoms with Crippen LogP contribution in [-0.2, 0) is 7.05 Å². The summed E-state index contributed by atoms with van der Waals surface area (Å²) in [5, 5.41) is 8.82. The van der Waals surface area contributed by atoms with E-state index in [1.807, 2.05) is 37.1 Å². The molecule has 1 aliphatic heterocycles. The van der Waals surface area contributed by atoms with Crippen molar-refractivity contribution >= 4 is 22.7 Å². The van der Waals surface area contributed by atoms with E-state index >= 15 is 0 Å². The van der Waals surface area contributed by atoms with Gasteiger partial charge in [0.15, 0.2) is 5.65 Å². The summed E-state index contributed by atoms with van der Waals surface area (Å²) in [7, 11) is 1.92. The second kappa shape index (κ2) is 6.31. The zero-order valence-corrected chi connectivity index (χ0v) is 14.9. The fourth-order valence-electron chi connectivity index (χ4n) is 3.37. The largest absolute Gasteiger partial charge is 0.370 e. The third-order valence-electron chi connectivity index (χ3n) is 4.75. The van der Waals surface area contributed by atoms with Gasteiger partial charge in [-0.15, -0.1) is 0 Å². The van der Waals surface area contributed by atoms with Gasteiger partial charge in [0.25, 0.3) is 0 Å². The number of hydrogen-bond donors (Lipinski definition) is 1. The van der Waals surface area contributed by atoms with Gasteiger partial charge in [-0.1, -0.05) is 6.07 Å². The minimum atomic E-state index is 0.574. The Balaban J connectivity index is 1.46. The smallest absolute Gasteiger partial charge is 0.163 e.